The third-order valence-electron chi connectivity index (χ3n) is 5.54. The average molecular weight is 580 g/mol. The molecule has 2 N–H and O–H groups in total. The summed E-state index contributed by atoms with van der Waals surface area (Å²) in [7, 11) is -3.42. The van der Waals surface area contributed by atoms with E-state index in [0.717, 1.165) is 16.8 Å². The maximum atomic E-state index is 14.8. The summed E-state index contributed by atoms with van der Waals surface area (Å²) >= 11 is 0. The summed E-state index contributed by atoms with van der Waals surface area (Å²) < 4.78 is 70.7. The van der Waals surface area contributed by atoms with Crippen molar-refractivity contribution in [3.8, 4) is 0 Å². The Morgan fingerprint density at radius 3 is 2.41 bits per heavy atom. The zero-order chi connectivity index (χ0) is 29.3. The zero-order valence-electron chi connectivity index (χ0n) is 21.7. The quantitative estimate of drug-likeness (QED) is 0.412. The van der Waals surface area contributed by atoms with Crippen molar-refractivity contribution in [3.05, 3.63) is 63.3 Å². The lowest BCUT2D eigenvalue weighted by Gasteiger charge is -2.29. The van der Waals surface area contributed by atoms with E-state index in [-0.39, 0.29) is 45.4 Å². The van der Waals surface area contributed by atoms with Gasteiger partial charge in [0.05, 0.1) is 36.4 Å². The van der Waals surface area contributed by atoms with Crippen LogP contribution in [0, 0.1) is 11.6 Å². The molecule has 1 amide bonds. The van der Waals surface area contributed by atoms with E-state index < -0.39 is 33.1 Å². The van der Waals surface area contributed by atoms with E-state index >= 15 is 0 Å². The maximum Gasteiger partial charge on any atom is 0.288 e. The van der Waals surface area contributed by atoms with Crippen molar-refractivity contribution in [3.63, 3.8) is 0 Å². The topological polar surface area (TPSA) is 132 Å². The van der Waals surface area contributed by atoms with Crippen molar-refractivity contribution in [2.45, 2.75) is 40.7 Å². The average Bonchev–Trinajstić information content (AvgIpc) is 3.31. The third kappa shape index (κ3) is 6.93. The van der Waals surface area contributed by atoms with Gasteiger partial charge in [0, 0.05) is 18.5 Å². The standard InChI is InChI=1S/C21H23F2N7O4S.C2H6.F2.2H2/c1-3-16-18(29-11-15(23)19(31)27-21(29)26-16)20(32)24-10-13-5-6-17(14(22)9-13)30-8-7-28(12-25-30)35(33,34)4-2;2*1-2;;/h5-6,9,11-12H,3-4,7-8,10H2,1-2H3,(H,24,32)(H,26,27,31);1-2H3;;2*1H. The van der Waals surface area contributed by atoms with Crippen LogP contribution in [0.15, 0.2) is 34.3 Å². The molecule has 0 unspecified atom stereocenters. The van der Waals surface area contributed by atoms with Gasteiger partial charge in [-0.05, 0) is 31.0 Å². The largest absolute Gasteiger partial charge is 0.347 e. The van der Waals surface area contributed by atoms with Gasteiger partial charge < -0.3 is 5.32 Å². The van der Waals surface area contributed by atoms with Crippen LogP contribution in [-0.4, -0.2) is 58.2 Å². The van der Waals surface area contributed by atoms with Gasteiger partial charge in [0.25, 0.3) is 11.5 Å². The summed E-state index contributed by atoms with van der Waals surface area (Å²) in [5, 5.41) is 8.06. The van der Waals surface area contributed by atoms with Gasteiger partial charge in [-0.3, -0.25) is 28.3 Å². The van der Waals surface area contributed by atoms with Gasteiger partial charge in [-0.25, -0.2) is 17.8 Å². The fourth-order valence-electron chi connectivity index (χ4n) is 3.64. The number of sulfonamides is 1. The van der Waals surface area contributed by atoms with E-state index in [2.05, 4.69) is 20.4 Å². The van der Waals surface area contributed by atoms with Crippen LogP contribution in [-0.2, 0) is 23.0 Å². The lowest BCUT2D eigenvalue weighted by molar-refractivity contribution is 0.0944. The molecule has 1 aliphatic heterocycles. The molecule has 16 heteroatoms. The first-order chi connectivity index (χ1) is 18.6. The fourth-order valence-corrected chi connectivity index (χ4v) is 4.51. The number of aryl methyl sites for hydroxylation is 1. The van der Waals surface area contributed by atoms with Gasteiger partial charge in [0.2, 0.25) is 21.6 Å². The second-order valence-electron chi connectivity index (χ2n) is 7.72. The van der Waals surface area contributed by atoms with Crippen LogP contribution < -0.4 is 15.9 Å². The normalized spacial score (nSPS) is 12.9. The molecule has 4 rings (SSSR count). The van der Waals surface area contributed by atoms with Crippen molar-refractivity contribution in [2.24, 2.45) is 5.10 Å². The Balaban J connectivity index is 0.00000255. The van der Waals surface area contributed by atoms with Crippen molar-refractivity contribution < 1.29 is 34.0 Å². The molecule has 0 atom stereocenters. The Hall–Kier alpha value is -3.95. The molecule has 0 radical (unpaired) electrons. The van der Waals surface area contributed by atoms with Crippen LogP contribution in [0.2, 0.25) is 0 Å². The molecule has 0 saturated heterocycles. The number of hydrogen-bond donors (Lipinski definition) is 2. The van der Waals surface area contributed by atoms with Crippen LogP contribution in [0.5, 0.6) is 0 Å². The van der Waals surface area contributed by atoms with Crippen LogP contribution in [0.4, 0.5) is 23.6 Å². The van der Waals surface area contributed by atoms with Gasteiger partial charge in [0.1, 0.15) is 17.8 Å². The monoisotopic (exact) mass is 579 g/mol. The zero-order valence-corrected chi connectivity index (χ0v) is 22.5. The minimum atomic E-state index is -3.42. The number of H-pyrrole nitrogens is 1. The summed E-state index contributed by atoms with van der Waals surface area (Å²) in [6, 6.07) is 4.34. The first kappa shape index (κ1) is 31.3. The number of rotatable bonds is 7. The number of benzene rings is 1. The van der Waals surface area contributed by atoms with Crippen LogP contribution in [0.25, 0.3) is 5.78 Å². The number of imidazole rings is 1. The minimum Gasteiger partial charge on any atom is -0.347 e. The number of halogens is 4. The van der Waals surface area contributed by atoms with E-state index in [9.17, 15) is 26.8 Å². The Morgan fingerprint density at radius 1 is 1.15 bits per heavy atom. The van der Waals surface area contributed by atoms with E-state index in [1.54, 1.807) is 13.0 Å². The number of carbonyl (C=O) groups is 1. The smallest absolute Gasteiger partial charge is 0.288 e. The Labute approximate surface area is 225 Å². The SMILES string of the molecule is CC.CCc1nc2[nH]c(=O)c(F)cn2c1C(=O)NCc1ccc(N2CCN(S(=O)(=O)CC)C=N2)c(F)c1.FF.[HH].[HH]. The van der Waals surface area contributed by atoms with E-state index in [0.29, 0.717) is 17.7 Å². The van der Waals surface area contributed by atoms with Gasteiger partial charge in [0.15, 0.2) is 0 Å². The van der Waals surface area contributed by atoms with Crippen molar-refractivity contribution in [1.29, 1.82) is 0 Å². The highest BCUT2D eigenvalue weighted by molar-refractivity contribution is 7.89. The Morgan fingerprint density at radius 2 is 1.85 bits per heavy atom. The highest BCUT2D eigenvalue weighted by atomic mass is 32.2. The van der Waals surface area contributed by atoms with E-state index in [4.69, 9.17) is 9.15 Å². The number of nitrogens with one attached hydrogen (secondary N) is 2. The molecule has 0 saturated carbocycles. The third-order valence-corrected chi connectivity index (χ3v) is 7.26. The van der Waals surface area contributed by atoms with Gasteiger partial charge in [-0.15, -0.1) is 0 Å². The molecule has 3 aromatic rings. The molecule has 0 spiro atoms. The lowest BCUT2D eigenvalue weighted by atomic mass is 10.1. The molecular formula is C23H33F4N7O4S. The Bertz CT molecular complexity index is 1500. The molecule has 3 heterocycles. The number of hydrogen-bond acceptors (Lipinski definition) is 7. The number of carbonyl (C=O) groups excluding carboxylic acids is 1. The second-order valence-corrected chi connectivity index (χ2v) is 9.93. The predicted molar refractivity (Wildman–Crippen MR) is 143 cm³/mol. The maximum absolute atomic E-state index is 14.8. The Kier molecular flexibility index (Phi) is 11.0. The summed E-state index contributed by atoms with van der Waals surface area (Å²) in [5.41, 5.74) is 0.128. The van der Waals surface area contributed by atoms with Crippen molar-refractivity contribution >= 4 is 33.7 Å². The highest BCUT2D eigenvalue weighted by Crippen LogP contribution is 2.23. The van der Waals surface area contributed by atoms with E-state index in [1.165, 1.54) is 28.5 Å². The first-order valence-corrected chi connectivity index (χ1v) is 13.6. The minimum absolute atomic E-state index is 0. The molecule has 1 aromatic carbocycles. The summed E-state index contributed by atoms with van der Waals surface area (Å²) in [6.45, 7) is 7.59. The van der Waals surface area contributed by atoms with Gasteiger partial charge in [-0.1, -0.05) is 26.8 Å². The highest BCUT2D eigenvalue weighted by Gasteiger charge is 2.24. The van der Waals surface area contributed by atoms with Crippen LogP contribution in [0.1, 0.15) is 52.3 Å². The number of nitrogens with zero attached hydrogens (tertiary/aromatic N) is 5. The molecule has 1 aliphatic rings. The number of amides is 1. The van der Waals surface area contributed by atoms with Crippen molar-refractivity contribution in [2.75, 3.05) is 23.9 Å². The van der Waals surface area contributed by atoms with Crippen LogP contribution in [0.3, 0.4) is 0 Å². The second kappa shape index (κ2) is 13.7. The molecule has 0 fully saturated rings. The number of hydrazone groups is 1. The van der Waals surface area contributed by atoms with Crippen molar-refractivity contribution in [1.82, 2.24) is 24.0 Å². The molecule has 39 heavy (non-hydrogen) atoms. The molecule has 0 aliphatic carbocycles. The number of aromatic amines is 1. The van der Waals surface area contributed by atoms with Crippen LogP contribution >= 0.6 is 0 Å². The number of anilines is 1. The summed E-state index contributed by atoms with van der Waals surface area (Å²) in [4.78, 5) is 30.8. The molecule has 11 nitrogen and oxygen atoms in total. The summed E-state index contributed by atoms with van der Waals surface area (Å²) in [5.74, 6) is -2.23. The fraction of sp³-hybridized carbons (Fsp3) is 0.391. The number of aromatic nitrogens is 3. The molecular weight excluding hydrogens is 546 g/mol. The predicted octanol–water partition coefficient (Wildman–Crippen LogP) is 3.57. The number of fused-ring (bicyclic) bond motifs is 1. The first-order valence-electron chi connectivity index (χ1n) is 12.0. The summed E-state index contributed by atoms with van der Waals surface area (Å²) in [6.07, 6.45) is 2.42. The molecule has 0 bridgehead atoms. The van der Waals surface area contributed by atoms with E-state index in [1.807, 2.05) is 13.8 Å². The van der Waals surface area contributed by atoms with Gasteiger partial charge >= 0.3 is 0 Å². The van der Waals surface area contributed by atoms with Gasteiger partial charge in [-0.2, -0.15) is 9.49 Å². The molecule has 218 valence electrons. The lowest BCUT2D eigenvalue weighted by Crippen LogP contribution is -2.42. The molecule has 2 aromatic heterocycles.